The van der Waals surface area contributed by atoms with Crippen molar-refractivity contribution in [1.29, 1.82) is 0 Å². The molecule has 0 saturated carbocycles. The van der Waals surface area contributed by atoms with E-state index in [1.807, 2.05) is 37.3 Å². The third-order valence-electron chi connectivity index (χ3n) is 5.78. The summed E-state index contributed by atoms with van der Waals surface area (Å²) >= 11 is 0. The van der Waals surface area contributed by atoms with Crippen LogP contribution in [0.25, 0.3) is 0 Å². The van der Waals surface area contributed by atoms with Crippen LogP contribution in [0.3, 0.4) is 0 Å². The van der Waals surface area contributed by atoms with Crippen LogP contribution in [0, 0.1) is 5.92 Å². The highest BCUT2D eigenvalue weighted by Gasteiger charge is 2.36. The number of amides is 4. The van der Waals surface area contributed by atoms with Crippen LogP contribution >= 0.6 is 0 Å². The van der Waals surface area contributed by atoms with Crippen LogP contribution in [0.5, 0.6) is 0 Å². The molecule has 1 aliphatic heterocycles. The van der Waals surface area contributed by atoms with Gasteiger partial charge in [-0.2, -0.15) is 0 Å². The molecule has 9 nitrogen and oxygen atoms in total. The summed E-state index contributed by atoms with van der Waals surface area (Å²) in [5.74, 6) is -0.953. The predicted molar refractivity (Wildman–Crippen MR) is 136 cm³/mol. The molecule has 0 bridgehead atoms. The zero-order valence-corrected chi connectivity index (χ0v) is 21.2. The normalized spacial score (nSPS) is 16.3. The molecule has 0 spiro atoms. The second-order valence-electron chi connectivity index (χ2n) is 9.85. The summed E-state index contributed by atoms with van der Waals surface area (Å²) in [7, 11) is 0. The number of carbonyl (C=O) groups excluding carboxylic acids is 4. The Labute approximate surface area is 211 Å². The third-order valence-corrected chi connectivity index (χ3v) is 5.78. The standard InChI is InChI=1S/C27H34N4O5/c1-18(20-8-6-5-7-9-20)31-17-21(14-24(31)33)25(34)28-15-19-10-12-22(13-11-19)30-23(32)16-29-26(35)36-27(2,3)4/h5-13,18,21H,14-17H2,1-4H3,(H,28,34)(H,29,35)(H,30,32). The molecule has 2 aromatic carbocycles. The maximum Gasteiger partial charge on any atom is 0.408 e. The molecule has 1 fully saturated rings. The van der Waals surface area contributed by atoms with Gasteiger partial charge < -0.3 is 25.6 Å². The van der Waals surface area contributed by atoms with E-state index in [9.17, 15) is 19.2 Å². The third kappa shape index (κ3) is 7.83. The molecule has 1 aliphatic rings. The molecule has 4 amide bonds. The first kappa shape index (κ1) is 26.7. The molecule has 9 heteroatoms. The van der Waals surface area contributed by atoms with Gasteiger partial charge in [-0.05, 0) is 51.0 Å². The quantitative estimate of drug-likeness (QED) is 0.520. The minimum absolute atomic E-state index is 0.0206. The number of carbonyl (C=O) groups is 4. The van der Waals surface area contributed by atoms with Crippen molar-refractivity contribution in [2.24, 2.45) is 5.92 Å². The van der Waals surface area contributed by atoms with Crippen LogP contribution in [0.2, 0.25) is 0 Å². The highest BCUT2D eigenvalue weighted by molar-refractivity contribution is 5.94. The predicted octanol–water partition coefficient (Wildman–Crippen LogP) is 3.38. The second kappa shape index (κ2) is 11.7. The number of anilines is 1. The van der Waals surface area contributed by atoms with E-state index in [0.717, 1.165) is 11.1 Å². The van der Waals surface area contributed by atoms with Crippen molar-refractivity contribution in [3.05, 3.63) is 65.7 Å². The van der Waals surface area contributed by atoms with Gasteiger partial charge in [-0.15, -0.1) is 0 Å². The van der Waals surface area contributed by atoms with Gasteiger partial charge in [-0.25, -0.2) is 4.79 Å². The number of rotatable bonds is 8. The van der Waals surface area contributed by atoms with E-state index in [2.05, 4.69) is 16.0 Å². The lowest BCUT2D eigenvalue weighted by Gasteiger charge is -2.25. The maximum absolute atomic E-state index is 12.7. The monoisotopic (exact) mass is 494 g/mol. The minimum Gasteiger partial charge on any atom is -0.444 e. The Kier molecular flexibility index (Phi) is 8.68. The van der Waals surface area contributed by atoms with E-state index in [4.69, 9.17) is 4.74 Å². The number of alkyl carbamates (subject to hydrolysis) is 1. The molecular formula is C27H34N4O5. The van der Waals surface area contributed by atoms with Crippen molar-refractivity contribution >= 4 is 29.5 Å². The van der Waals surface area contributed by atoms with E-state index in [0.29, 0.717) is 18.8 Å². The molecule has 0 aliphatic carbocycles. The van der Waals surface area contributed by atoms with Crippen molar-refractivity contribution in [3.8, 4) is 0 Å². The second-order valence-corrected chi connectivity index (χ2v) is 9.85. The van der Waals surface area contributed by atoms with Crippen molar-refractivity contribution in [1.82, 2.24) is 15.5 Å². The SMILES string of the molecule is CC(c1ccccc1)N1CC(C(=O)NCc2ccc(NC(=O)CNC(=O)OC(C)(C)C)cc2)CC1=O. The fourth-order valence-electron chi connectivity index (χ4n) is 3.90. The summed E-state index contributed by atoms with van der Waals surface area (Å²) < 4.78 is 5.09. The summed E-state index contributed by atoms with van der Waals surface area (Å²) in [5, 5.41) is 8.00. The lowest BCUT2D eigenvalue weighted by Crippen LogP contribution is -2.37. The van der Waals surface area contributed by atoms with E-state index in [1.54, 1.807) is 49.9 Å². The molecule has 2 aromatic rings. The van der Waals surface area contributed by atoms with Gasteiger partial charge in [0.25, 0.3) is 0 Å². The Morgan fingerprint density at radius 2 is 1.69 bits per heavy atom. The Balaban J connectivity index is 1.43. The maximum atomic E-state index is 12.7. The van der Waals surface area contributed by atoms with E-state index >= 15 is 0 Å². The van der Waals surface area contributed by atoms with Crippen LogP contribution in [0.1, 0.15) is 51.3 Å². The Morgan fingerprint density at radius 1 is 1.03 bits per heavy atom. The molecule has 3 N–H and O–H groups in total. The average molecular weight is 495 g/mol. The molecule has 1 heterocycles. The van der Waals surface area contributed by atoms with Gasteiger partial charge in [-0.1, -0.05) is 42.5 Å². The van der Waals surface area contributed by atoms with Gasteiger partial charge in [0.1, 0.15) is 12.1 Å². The summed E-state index contributed by atoms with van der Waals surface area (Å²) in [5.41, 5.74) is 1.82. The number of hydrogen-bond donors (Lipinski definition) is 3. The minimum atomic E-state index is -0.662. The molecule has 0 aromatic heterocycles. The van der Waals surface area contributed by atoms with Crippen molar-refractivity contribution in [3.63, 3.8) is 0 Å². The van der Waals surface area contributed by atoms with Crippen LogP contribution in [-0.2, 0) is 25.7 Å². The molecule has 192 valence electrons. The summed E-state index contributed by atoms with van der Waals surface area (Å²) in [6.45, 7) is 7.69. The zero-order chi connectivity index (χ0) is 26.3. The average Bonchev–Trinajstić information content (AvgIpc) is 3.23. The van der Waals surface area contributed by atoms with Gasteiger partial charge in [0, 0.05) is 25.2 Å². The number of nitrogens with one attached hydrogen (secondary N) is 3. The molecule has 2 unspecified atom stereocenters. The smallest absolute Gasteiger partial charge is 0.408 e. The Hall–Kier alpha value is -3.88. The summed E-state index contributed by atoms with van der Waals surface area (Å²) in [6, 6.07) is 16.7. The fourth-order valence-corrected chi connectivity index (χ4v) is 3.90. The lowest BCUT2D eigenvalue weighted by molar-refractivity contribution is -0.130. The summed E-state index contributed by atoms with van der Waals surface area (Å²) in [4.78, 5) is 50.7. The number of likely N-dealkylation sites (tertiary alicyclic amines) is 1. The molecule has 36 heavy (non-hydrogen) atoms. The van der Waals surface area contributed by atoms with Crippen molar-refractivity contribution in [2.45, 2.75) is 52.3 Å². The van der Waals surface area contributed by atoms with Crippen molar-refractivity contribution < 1.29 is 23.9 Å². The number of nitrogens with zero attached hydrogens (tertiary/aromatic N) is 1. The number of hydrogen-bond acceptors (Lipinski definition) is 5. The van der Waals surface area contributed by atoms with E-state index in [1.165, 1.54) is 0 Å². The van der Waals surface area contributed by atoms with Crippen LogP contribution in [-0.4, -0.2) is 47.4 Å². The van der Waals surface area contributed by atoms with Crippen LogP contribution < -0.4 is 16.0 Å². The fraction of sp³-hybridized carbons (Fsp3) is 0.407. The largest absolute Gasteiger partial charge is 0.444 e. The first-order valence-corrected chi connectivity index (χ1v) is 12.0. The van der Waals surface area contributed by atoms with Gasteiger partial charge in [0.2, 0.25) is 17.7 Å². The van der Waals surface area contributed by atoms with Crippen molar-refractivity contribution in [2.75, 3.05) is 18.4 Å². The van der Waals surface area contributed by atoms with Gasteiger partial charge in [0.15, 0.2) is 0 Å². The summed E-state index contributed by atoms with van der Waals surface area (Å²) in [6.07, 6.45) is -0.462. The molecule has 2 atom stereocenters. The van der Waals surface area contributed by atoms with E-state index < -0.39 is 11.7 Å². The highest BCUT2D eigenvalue weighted by Crippen LogP contribution is 2.28. The van der Waals surface area contributed by atoms with Gasteiger partial charge >= 0.3 is 6.09 Å². The van der Waals surface area contributed by atoms with Crippen LogP contribution in [0.4, 0.5) is 10.5 Å². The van der Waals surface area contributed by atoms with Gasteiger partial charge in [-0.3, -0.25) is 14.4 Å². The first-order chi connectivity index (χ1) is 17.0. The van der Waals surface area contributed by atoms with E-state index in [-0.39, 0.29) is 42.6 Å². The topological polar surface area (TPSA) is 117 Å². The Bertz CT molecular complexity index is 1080. The number of benzene rings is 2. The molecule has 0 radical (unpaired) electrons. The molecule has 3 rings (SSSR count). The zero-order valence-electron chi connectivity index (χ0n) is 21.2. The first-order valence-electron chi connectivity index (χ1n) is 12.0. The Morgan fingerprint density at radius 3 is 2.33 bits per heavy atom. The number of ether oxygens (including phenoxy) is 1. The van der Waals surface area contributed by atoms with Crippen LogP contribution in [0.15, 0.2) is 54.6 Å². The highest BCUT2D eigenvalue weighted by atomic mass is 16.6. The lowest BCUT2D eigenvalue weighted by atomic mass is 10.1. The molecule has 1 saturated heterocycles. The van der Waals surface area contributed by atoms with Gasteiger partial charge in [0.05, 0.1) is 12.0 Å². The molecular weight excluding hydrogens is 460 g/mol.